The fourth-order valence-corrected chi connectivity index (χ4v) is 7.24. The molecule has 4 rings (SSSR count). The summed E-state index contributed by atoms with van der Waals surface area (Å²) < 4.78 is 23.7. The largest absolute Gasteiger partial charge is 0.457 e. The van der Waals surface area contributed by atoms with Crippen LogP contribution in [0.1, 0.15) is 73.6 Å². The van der Waals surface area contributed by atoms with Crippen molar-refractivity contribution in [2.75, 3.05) is 46.4 Å². The Balaban J connectivity index is 1.42. The van der Waals surface area contributed by atoms with Gasteiger partial charge in [-0.2, -0.15) is 0 Å². The summed E-state index contributed by atoms with van der Waals surface area (Å²) in [5, 5.41) is 32.1. The molecule has 3 unspecified atom stereocenters. The van der Waals surface area contributed by atoms with Crippen molar-refractivity contribution in [3.05, 3.63) is 48.1 Å². The van der Waals surface area contributed by atoms with Gasteiger partial charge in [0, 0.05) is 76.8 Å². The number of ether oxygens (including phenoxy) is 4. The number of esters is 1. The van der Waals surface area contributed by atoms with E-state index in [-0.39, 0.29) is 55.2 Å². The van der Waals surface area contributed by atoms with Crippen LogP contribution in [0.15, 0.2) is 48.1 Å². The Hall–Kier alpha value is -3.40. The van der Waals surface area contributed by atoms with Crippen LogP contribution < -0.4 is 0 Å². The van der Waals surface area contributed by atoms with E-state index >= 15 is 0 Å². The molecular weight excluding hydrogens is 698 g/mol. The molecule has 0 aromatic rings. The first-order chi connectivity index (χ1) is 25.5. The van der Waals surface area contributed by atoms with Crippen molar-refractivity contribution in [3.63, 3.8) is 0 Å². The molecule has 302 valence electrons. The zero-order valence-corrected chi connectivity index (χ0v) is 32.9. The number of aliphatic hydroxyl groups is 3. The van der Waals surface area contributed by atoms with Gasteiger partial charge in [-0.25, -0.2) is 4.79 Å². The Kier molecular flexibility index (Phi) is 15.2. The number of aliphatic hydroxyl groups excluding tert-OH is 2. The molecule has 0 saturated carbocycles. The van der Waals surface area contributed by atoms with Gasteiger partial charge in [0.05, 0.1) is 36.4 Å². The second-order valence-electron chi connectivity index (χ2n) is 15.7. The molecular formula is C40H61N3O11. The lowest BCUT2D eigenvalue weighted by molar-refractivity contribution is -0.151. The number of rotatable bonds is 13. The number of piperazine rings is 1. The highest BCUT2D eigenvalue weighted by Crippen LogP contribution is 2.37. The number of epoxide rings is 1. The minimum atomic E-state index is -1.17. The van der Waals surface area contributed by atoms with Gasteiger partial charge < -0.3 is 39.2 Å². The highest BCUT2D eigenvalue weighted by atomic mass is 16.6. The number of methoxy groups -OCH3 is 1. The van der Waals surface area contributed by atoms with E-state index in [0.717, 1.165) is 0 Å². The van der Waals surface area contributed by atoms with Gasteiger partial charge in [-0.1, -0.05) is 45.1 Å². The van der Waals surface area contributed by atoms with Crippen molar-refractivity contribution < 1.29 is 53.4 Å². The second kappa shape index (κ2) is 19.0. The van der Waals surface area contributed by atoms with Gasteiger partial charge in [-0.05, 0) is 51.7 Å². The zero-order chi connectivity index (χ0) is 39.8. The number of nitrogens with zero attached hydrogens (tertiary/aromatic N) is 3. The van der Waals surface area contributed by atoms with Gasteiger partial charge >= 0.3 is 12.1 Å². The summed E-state index contributed by atoms with van der Waals surface area (Å²) in [5.41, 5.74) is -1.49. The molecule has 54 heavy (non-hydrogen) atoms. The highest BCUT2D eigenvalue weighted by Gasteiger charge is 2.47. The summed E-state index contributed by atoms with van der Waals surface area (Å²) in [4.78, 5) is 55.2. The van der Waals surface area contributed by atoms with Crippen LogP contribution in [0.3, 0.4) is 0 Å². The molecule has 0 radical (unpaired) electrons. The van der Waals surface area contributed by atoms with E-state index in [0.29, 0.717) is 57.6 Å². The Morgan fingerprint density at radius 3 is 2.43 bits per heavy atom. The molecule has 10 atom stereocenters. The van der Waals surface area contributed by atoms with Gasteiger partial charge in [0.2, 0.25) is 0 Å². The Morgan fingerprint density at radius 1 is 1.13 bits per heavy atom. The first-order valence-corrected chi connectivity index (χ1v) is 19.2. The van der Waals surface area contributed by atoms with Crippen molar-refractivity contribution in [1.82, 2.24) is 14.7 Å². The molecule has 0 bridgehead atoms. The molecule has 0 aromatic heterocycles. The average Bonchev–Trinajstić information content (AvgIpc) is 3.82. The van der Waals surface area contributed by atoms with Crippen LogP contribution in [-0.4, -0.2) is 148 Å². The lowest BCUT2D eigenvalue weighted by atomic mass is 9.88. The SMILES string of the molecule is CCC(O)C(C)[C@H]1O[C@@H]1CC(C)(O)/C=C/C=C(\C)[C@H]1OC(=O)C[C@H](O)CC[C@@](C)(OC)[C@@H](OC(=O)N2CCN(CCN3C(=O)C=CC3=O)CC2)/C=C/[C@@H]1C. The topological polar surface area (TPSA) is 179 Å². The van der Waals surface area contributed by atoms with E-state index in [1.807, 2.05) is 40.7 Å². The van der Waals surface area contributed by atoms with Gasteiger partial charge in [-0.15, -0.1) is 0 Å². The molecule has 14 heteroatoms. The lowest BCUT2D eigenvalue weighted by Crippen LogP contribution is -2.52. The van der Waals surface area contributed by atoms with Crippen molar-refractivity contribution in [3.8, 4) is 0 Å². The molecule has 2 saturated heterocycles. The first kappa shape index (κ1) is 43.3. The van der Waals surface area contributed by atoms with Crippen LogP contribution in [0, 0.1) is 11.8 Å². The van der Waals surface area contributed by atoms with Crippen molar-refractivity contribution in [2.45, 2.75) is 121 Å². The van der Waals surface area contributed by atoms with Crippen LogP contribution in [0.2, 0.25) is 0 Å². The summed E-state index contributed by atoms with van der Waals surface area (Å²) in [6.45, 7) is 13.8. The quantitative estimate of drug-likeness (QED) is 0.0824. The van der Waals surface area contributed by atoms with Crippen LogP contribution in [0.5, 0.6) is 0 Å². The molecule has 3 amide bonds. The molecule has 3 N–H and O–H groups in total. The van der Waals surface area contributed by atoms with Crippen molar-refractivity contribution >= 4 is 23.9 Å². The van der Waals surface area contributed by atoms with Gasteiger partial charge in [0.1, 0.15) is 11.7 Å². The van der Waals surface area contributed by atoms with Crippen LogP contribution in [-0.2, 0) is 33.3 Å². The summed E-state index contributed by atoms with van der Waals surface area (Å²) in [6.07, 6.45) is 8.79. The standard InChI is InChI=1S/C40H61N3O11/c1-8-30(45)28(4)37-31(52-37)25-39(5,50)16-9-10-26(2)36-27(3)11-12-32(40(6,51-7)17-15-29(44)24-35(48)54-36)53-38(49)42-21-18-41(19-22-42)20-23-43-33(46)13-14-34(43)47/h9-14,16,27-32,36-37,44-45,50H,8,15,17-25H2,1-7H3/b12-11+,16-9+,26-10+/t27-,28?,29+,30?,31+,32-,36+,37+,39?,40+/m0/s1. The third-order valence-electron chi connectivity index (χ3n) is 11.2. The number of allylic oxidation sites excluding steroid dienone is 2. The smallest absolute Gasteiger partial charge is 0.410 e. The molecule has 0 aromatic carbocycles. The monoisotopic (exact) mass is 759 g/mol. The normalized spacial score (nSPS) is 33.1. The molecule has 0 spiro atoms. The van der Waals surface area contributed by atoms with Crippen molar-refractivity contribution in [2.24, 2.45) is 11.8 Å². The Morgan fingerprint density at radius 2 is 1.80 bits per heavy atom. The van der Waals surface area contributed by atoms with E-state index in [1.165, 1.54) is 24.2 Å². The molecule has 14 nitrogen and oxygen atoms in total. The molecule has 4 aliphatic heterocycles. The average molecular weight is 760 g/mol. The minimum Gasteiger partial charge on any atom is -0.457 e. The third kappa shape index (κ3) is 11.8. The van der Waals surface area contributed by atoms with Gasteiger partial charge in [0.25, 0.3) is 11.8 Å². The molecule has 4 heterocycles. The predicted octanol–water partition coefficient (Wildman–Crippen LogP) is 2.91. The minimum absolute atomic E-state index is 0.0243. The van der Waals surface area contributed by atoms with E-state index in [2.05, 4.69) is 4.90 Å². The van der Waals surface area contributed by atoms with Crippen molar-refractivity contribution in [1.29, 1.82) is 0 Å². The van der Waals surface area contributed by atoms with Gasteiger partial charge in [0.15, 0.2) is 6.10 Å². The number of carbonyl (C=O) groups excluding carboxylic acids is 4. The number of hydrogen-bond donors (Lipinski definition) is 3. The third-order valence-corrected chi connectivity index (χ3v) is 11.2. The maximum absolute atomic E-state index is 13.5. The summed E-state index contributed by atoms with van der Waals surface area (Å²) in [6, 6.07) is 0. The van der Waals surface area contributed by atoms with E-state index in [4.69, 9.17) is 18.9 Å². The summed E-state index contributed by atoms with van der Waals surface area (Å²) in [7, 11) is 1.52. The molecule has 4 aliphatic rings. The molecule has 0 aliphatic carbocycles. The first-order valence-electron chi connectivity index (χ1n) is 19.2. The maximum atomic E-state index is 13.5. The zero-order valence-electron chi connectivity index (χ0n) is 32.9. The van der Waals surface area contributed by atoms with E-state index in [9.17, 15) is 34.5 Å². The summed E-state index contributed by atoms with van der Waals surface area (Å²) in [5.74, 6) is -1.59. The van der Waals surface area contributed by atoms with Crippen LogP contribution in [0.25, 0.3) is 0 Å². The van der Waals surface area contributed by atoms with Gasteiger partial charge in [-0.3, -0.25) is 24.2 Å². The fraction of sp³-hybridized carbons (Fsp3) is 0.700. The Bertz CT molecular complexity index is 1430. The number of imide groups is 1. The van der Waals surface area contributed by atoms with Crippen LogP contribution in [0.4, 0.5) is 4.79 Å². The number of hydrogen-bond acceptors (Lipinski definition) is 12. The second-order valence-corrected chi connectivity index (χ2v) is 15.7. The maximum Gasteiger partial charge on any atom is 0.410 e. The number of cyclic esters (lactones) is 1. The lowest BCUT2D eigenvalue weighted by Gasteiger charge is -2.39. The fourth-order valence-electron chi connectivity index (χ4n) is 7.24. The summed E-state index contributed by atoms with van der Waals surface area (Å²) >= 11 is 0. The number of carbonyl (C=O) groups is 4. The van der Waals surface area contributed by atoms with E-state index < -0.39 is 47.7 Å². The number of amides is 3. The Labute approximate surface area is 319 Å². The molecule has 2 fully saturated rings. The highest BCUT2D eigenvalue weighted by molar-refractivity contribution is 6.12. The van der Waals surface area contributed by atoms with E-state index in [1.54, 1.807) is 36.1 Å². The predicted molar refractivity (Wildman–Crippen MR) is 200 cm³/mol. The van der Waals surface area contributed by atoms with Crippen LogP contribution >= 0.6 is 0 Å².